The van der Waals surface area contributed by atoms with Crippen LogP contribution in [-0.4, -0.2) is 37.2 Å². The molecule has 0 spiro atoms. The molecular formula is C55H106O6. The molecule has 0 saturated carbocycles. The van der Waals surface area contributed by atoms with Gasteiger partial charge in [-0.15, -0.1) is 0 Å². The van der Waals surface area contributed by atoms with E-state index < -0.39 is 6.10 Å². The smallest absolute Gasteiger partial charge is 0.306 e. The van der Waals surface area contributed by atoms with Crippen molar-refractivity contribution in [1.82, 2.24) is 0 Å². The van der Waals surface area contributed by atoms with E-state index >= 15 is 0 Å². The van der Waals surface area contributed by atoms with Gasteiger partial charge in [-0.25, -0.2) is 0 Å². The van der Waals surface area contributed by atoms with Crippen molar-refractivity contribution in [2.24, 2.45) is 5.92 Å². The van der Waals surface area contributed by atoms with E-state index in [0.29, 0.717) is 19.3 Å². The highest BCUT2D eigenvalue weighted by Crippen LogP contribution is 2.17. The number of rotatable bonds is 50. The summed E-state index contributed by atoms with van der Waals surface area (Å²) < 4.78 is 16.8. The molecule has 362 valence electrons. The summed E-state index contributed by atoms with van der Waals surface area (Å²) >= 11 is 0. The fourth-order valence-corrected chi connectivity index (χ4v) is 8.39. The number of unbranched alkanes of at least 4 members (excludes halogenated alkanes) is 37. The Morgan fingerprint density at radius 1 is 0.311 bits per heavy atom. The molecule has 1 atom stereocenters. The van der Waals surface area contributed by atoms with E-state index in [9.17, 15) is 14.4 Å². The summed E-state index contributed by atoms with van der Waals surface area (Å²) in [7, 11) is 0. The minimum Gasteiger partial charge on any atom is -0.462 e. The SMILES string of the molecule is CCCCCCCCCCCCCCCCCC(=O)OC[C@H](COC(=O)CCCCCCCCCCCCCCCCCC(C)C)OC(=O)CCCCCCCCCCCC. The van der Waals surface area contributed by atoms with Gasteiger partial charge in [-0.1, -0.05) is 272 Å². The lowest BCUT2D eigenvalue weighted by Gasteiger charge is -2.18. The van der Waals surface area contributed by atoms with Crippen molar-refractivity contribution in [3.8, 4) is 0 Å². The largest absolute Gasteiger partial charge is 0.462 e. The quantitative estimate of drug-likeness (QED) is 0.0344. The molecule has 0 radical (unpaired) electrons. The number of hydrogen-bond donors (Lipinski definition) is 0. The van der Waals surface area contributed by atoms with Crippen molar-refractivity contribution in [2.75, 3.05) is 13.2 Å². The second kappa shape index (κ2) is 49.4. The lowest BCUT2D eigenvalue weighted by atomic mass is 10.0. The molecule has 0 fully saturated rings. The van der Waals surface area contributed by atoms with Crippen molar-refractivity contribution in [3.05, 3.63) is 0 Å². The second-order valence-corrected chi connectivity index (χ2v) is 19.3. The van der Waals surface area contributed by atoms with Crippen LogP contribution in [0.4, 0.5) is 0 Å². The molecular weight excluding hydrogens is 757 g/mol. The van der Waals surface area contributed by atoms with Crippen molar-refractivity contribution in [3.63, 3.8) is 0 Å². The second-order valence-electron chi connectivity index (χ2n) is 19.3. The van der Waals surface area contributed by atoms with Crippen LogP contribution in [0.5, 0.6) is 0 Å². The molecule has 0 aromatic rings. The zero-order chi connectivity index (χ0) is 44.5. The third-order valence-electron chi connectivity index (χ3n) is 12.5. The number of carbonyl (C=O) groups excluding carboxylic acids is 3. The molecule has 0 amide bonds. The number of esters is 3. The van der Waals surface area contributed by atoms with Crippen LogP contribution in [0.2, 0.25) is 0 Å². The molecule has 0 aliphatic heterocycles. The maximum absolute atomic E-state index is 12.8. The van der Waals surface area contributed by atoms with E-state index in [1.807, 2.05) is 0 Å². The van der Waals surface area contributed by atoms with Gasteiger partial charge in [0.2, 0.25) is 0 Å². The van der Waals surface area contributed by atoms with Gasteiger partial charge >= 0.3 is 17.9 Å². The van der Waals surface area contributed by atoms with Crippen LogP contribution in [-0.2, 0) is 28.6 Å². The van der Waals surface area contributed by atoms with Gasteiger partial charge in [0.15, 0.2) is 6.10 Å². The Kier molecular flexibility index (Phi) is 48.1. The van der Waals surface area contributed by atoms with Crippen LogP contribution in [0.25, 0.3) is 0 Å². The highest BCUT2D eigenvalue weighted by atomic mass is 16.6. The normalized spacial score (nSPS) is 12.0. The first-order valence-electron chi connectivity index (χ1n) is 27.4. The van der Waals surface area contributed by atoms with Gasteiger partial charge in [-0.2, -0.15) is 0 Å². The average Bonchev–Trinajstić information content (AvgIpc) is 3.24. The number of ether oxygens (including phenoxy) is 3. The molecule has 0 saturated heterocycles. The predicted octanol–water partition coefficient (Wildman–Crippen LogP) is 17.8. The first-order valence-corrected chi connectivity index (χ1v) is 27.4. The minimum atomic E-state index is -0.760. The molecule has 0 heterocycles. The van der Waals surface area contributed by atoms with Crippen molar-refractivity contribution in [2.45, 2.75) is 316 Å². The molecule has 0 aromatic heterocycles. The van der Waals surface area contributed by atoms with Crippen LogP contribution in [0, 0.1) is 5.92 Å². The molecule has 6 heteroatoms. The topological polar surface area (TPSA) is 78.9 Å². The number of hydrogen-bond acceptors (Lipinski definition) is 6. The Morgan fingerprint density at radius 2 is 0.541 bits per heavy atom. The minimum absolute atomic E-state index is 0.0623. The standard InChI is InChI=1S/C55H106O6/c1-5-7-9-11-13-15-17-18-20-24-27-31-34-38-42-46-53(56)59-49-52(61-55(58)48-44-40-36-30-16-14-12-10-8-6-2)50-60-54(57)47-43-39-35-32-28-25-22-19-21-23-26-29-33-37-41-45-51(3)4/h51-52H,5-50H2,1-4H3/t52-/m1/s1. The van der Waals surface area contributed by atoms with Gasteiger partial charge in [-0.05, 0) is 25.2 Å². The number of carbonyl (C=O) groups is 3. The monoisotopic (exact) mass is 863 g/mol. The molecule has 0 unspecified atom stereocenters. The zero-order valence-electron chi connectivity index (χ0n) is 41.6. The lowest BCUT2D eigenvalue weighted by Crippen LogP contribution is -2.30. The van der Waals surface area contributed by atoms with Crippen LogP contribution < -0.4 is 0 Å². The molecule has 0 rings (SSSR count). The summed E-state index contributed by atoms with van der Waals surface area (Å²) in [6.07, 6.45) is 52.3. The molecule has 0 aromatic carbocycles. The third-order valence-corrected chi connectivity index (χ3v) is 12.5. The molecule has 0 aliphatic carbocycles. The summed E-state index contributed by atoms with van der Waals surface area (Å²) in [4.78, 5) is 38.0. The lowest BCUT2D eigenvalue weighted by molar-refractivity contribution is -0.167. The van der Waals surface area contributed by atoms with Gasteiger partial charge in [0.1, 0.15) is 13.2 Å². The zero-order valence-corrected chi connectivity index (χ0v) is 41.6. The van der Waals surface area contributed by atoms with Gasteiger partial charge in [0.25, 0.3) is 0 Å². The Morgan fingerprint density at radius 3 is 0.803 bits per heavy atom. The van der Waals surface area contributed by atoms with Gasteiger partial charge in [0.05, 0.1) is 0 Å². The molecule has 61 heavy (non-hydrogen) atoms. The van der Waals surface area contributed by atoms with E-state index in [2.05, 4.69) is 27.7 Å². The van der Waals surface area contributed by atoms with E-state index in [0.717, 1.165) is 63.7 Å². The van der Waals surface area contributed by atoms with Crippen molar-refractivity contribution in [1.29, 1.82) is 0 Å². The first kappa shape index (κ1) is 59.4. The highest BCUT2D eigenvalue weighted by molar-refractivity contribution is 5.71. The summed E-state index contributed by atoms with van der Waals surface area (Å²) in [6.45, 7) is 9.04. The summed E-state index contributed by atoms with van der Waals surface area (Å²) in [6, 6.07) is 0. The molecule has 0 N–H and O–H groups in total. The Bertz CT molecular complexity index is 918. The predicted molar refractivity (Wildman–Crippen MR) is 261 cm³/mol. The van der Waals surface area contributed by atoms with E-state index in [1.165, 1.54) is 205 Å². The van der Waals surface area contributed by atoms with Gasteiger partial charge in [-0.3, -0.25) is 14.4 Å². The van der Waals surface area contributed by atoms with E-state index in [-0.39, 0.29) is 31.1 Å². The third kappa shape index (κ3) is 49.3. The first-order chi connectivity index (χ1) is 29.9. The Balaban J connectivity index is 4.23. The van der Waals surface area contributed by atoms with E-state index in [1.54, 1.807) is 0 Å². The maximum Gasteiger partial charge on any atom is 0.306 e. The summed E-state index contributed by atoms with van der Waals surface area (Å²) in [5, 5.41) is 0. The van der Waals surface area contributed by atoms with Gasteiger partial charge < -0.3 is 14.2 Å². The van der Waals surface area contributed by atoms with Crippen LogP contribution in [0.3, 0.4) is 0 Å². The van der Waals surface area contributed by atoms with Crippen molar-refractivity contribution >= 4 is 17.9 Å². The molecule has 6 nitrogen and oxygen atoms in total. The van der Waals surface area contributed by atoms with Crippen LogP contribution >= 0.6 is 0 Å². The maximum atomic E-state index is 12.8. The van der Waals surface area contributed by atoms with Crippen LogP contribution in [0.15, 0.2) is 0 Å². The van der Waals surface area contributed by atoms with Crippen LogP contribution in [0.1, 0.15) is 310 Å². The van der Waals surface area contributed by atoms with E-state index in [4.69, 9.17) is 14.2 Å². The fourth-order valence-electron chi connectivity index (χ4n) is 8.39. The highest BCUT2D eigenvalue weighted by Gasteiger charge is 2.19. The molecule has 0 aliphatic rings. The molecule has 0 bridgehead atoms. The van der Waals surface area contributed by atoms with Crippen molar-refractivity contribution < 1.29 is 28.6 Å². The Hall–Kier alpha value is -1.59. The summed E-state index contributed by atoms with van der Waals surface area (Å²) in [5.41, 5.74) is 0. The Labute approximate surface area is 380 Å². The summed E-state index contributed by atoms with van der Waals surface area (Å²) in [5.74, 6) is 0.00803. The van der Waals surface area contributed by atoms with Gasteiger partial charge in [0, 0.05) is 19.3 Å². The fraction of sp³-hybridized carbons (Fsp3) is 0.945. The average molecular weight is 863 g/mol.